The standard InChI is InChI=1S/C25H24Cl3NO2/c26-21-8-6-20(7-9-21)25(31-16-18-4-2-1-3-5-18)12-13-29-15-24(25)30-17-19-14-22(27)10-11-23(19)28/h1-11,14,24,29H,12-13,15-17H2/t24-,25+/m0/s1. The molecule has 0 aromatic heterocycles. The topological polar surface area (TPSA) is 30.5 Å². The fourth-order valence-electron chi connectivity index (χ4n) is 3.97. The van der Waals surface area contributed by atoms with Crippen molar-refractivity contribution in [1.29, 1.82) is 0 Å². The monoisotopic (exact) mass is 475 g/mol. The lowest BCUT2D eigenvalue weighted by Gasteiger charge is -2.44. The first-order valence-electron chi connectivity index (χ1n) is 10.3. The molecule has 1 aliphatic heterocycles. The Morgan fingerprint density at radius 2 is 1.61 bits per heavy atom. The number of piperidine rings is 1. The third-order valence-corrected chi connectivity index (χ3v) is 6.50. The zero-order valence-electron chi connectivity index (χ0n) is 17.0. The molecule has 0 bridgehead atoms. The summed E-state index contributed by atoms with van der Waals surface area (Å²) in [5.41, 5.74) is 2.41. The highest BCUT2D eigenvalue weighted by atomic mass is 35.5. The summed E-state index contributed by atoms with van der Waals surface area (Å²) in [7, 11) is 0. The van der Waals surface area contributed by atoms with Crippen molar-refractivity contribution in [3.63, 3.8) is 0 Å². The van der Waals surface area contributed by atoms with E-state index >= 15 is 0 Å². The predicted octanol–water partition coefficient (Wildman–Crippen LogP) is 6.64. The van der Waals surface area contributed by atoms with Gasteiger partial charge in [0.05, 0.1) is 13.2 Å². The first kappa shape index (κ1) is 22.6. The summed E-state index contributed by atoms with van der Waals surface area (Å²) in [4.78, 5) is 0. The molecular weight excluding hydrogens is 453 g/mol. The average Bonchev–Trinajstić information content (AvgIpc) is 2.80. The summed E-state index contributed by atoms with van der Waals surface area (Å²) in [5, 5.41) is 5.40. The van der Waals surface area contributed by atoms with Gasteiger partial charge in [-0.2, -0.15) is 0 Å². The van der Waals surface area contributed by atoms with Gasteiger partial charge in [0.25, 0.3) is 0 Å². The fourth-order valence-corrected chi connectivity index (χ4v) is 4.46. The summed E-state index contributed by atoms with van der Waals surface area (Å²) in [6, 6.07) is 23.4. The molecule has 3 aromatic rings. The van der Waals surface area contributed by atoms with Crippen molar-refractivity contribution in [3.8, 4) is 0 Å². The third-order valence-electron chi connectivity index (χ3n) is 5.64. The minimum absolute atomic E-state index is 0.221. The van der Waals surface area contributed by atoms with Crippen molar-refractivity contribution in [1.82, 2.24) is 5.32 Å². The predicted molar refractivity (Wildman–Crippen MR) is 127 cm³/mol. The quantitative estimate of drug-likeness (QED) is 0.415. The Balaban J connectivity index is 1.62. The molecule has 0 spiro atoms. The van der Waals surface area contributed by atoms with Crippen LogP contribution in [0.3, 0.4) is 0 Å². The van der Waals surface area contributed by atoms with Crippen LogP contribution < -0.4 is 5.32 Å². The van der Waals surface area contributed by atoms with Crippen LogP contribution in [0.1, 0.15) is 23.1 Å². The van der Waals surface area contributed by atoms with E-state index in [0.717, 1.165) is 29.7 Å². The Bertz CT molecular complexity index is 997. The van der Waals surface area contributed by atoms with E-state index in [-0.39, 0.29) is 6.10 Å². The molecular formula is C25H24Cl3NO2. The minimum atomic E-state index is -0.614. The Kier molecular flexibility index (Phi) is 7.55. The molecule has 3 aromatic carbocycles. The molecule has 4 rings (SSSR count). The number of hydrogen-bond acceptors (Lipinski definition) is 3. The van der Waals surface area contributed by atoms with Gasteiger partial charge in [-0.05, 0) is 60.0 Å². The molecule has 3 nitrogen and oxygen atoms in total. The average molecular weight is 477 g/mol. The van der Waals surface area contributed by atoms with Crippen LogP contribution in [0.5, 0.6) is 0 Å². The van der Waals surface area contributed by atoms with Crippen molar-refractivity contribution < 1.29 is 9.47 Å². The molecule has 6 heteroatoms. The third kappa shape index (κ3) is 5.43. The Hall–Kier alpha value is -1.59. The van der Waals surface area contributed by atoms with Crippen LogP contribution in [0.2, 0.25) is 15.1 Å². The number of rotatable bonds is 7. The van der Waals surface area contributed by atoms with Gasteiger partial charge in [0, 0.05) is 21.6 Å². The maximum atomic E-state index is 6.67. The maximum absolute atomic E-state index is 6.67. The summed E-state index contributed by atoms with van der Waals surface area (Å²) >= 11 is 18.7. The van der Waals surface area contributed by atoms with Gasteiger partial charge in [0.1, 0.15) is 11.7 Å². The van der Waals surface area contributed by atoms with E-state index in [2.05, 4.69) is 17.4 Å². The smallest absolute Gasteiger partial charge is 0.122 e. The molecule has 0 radical (unpaired) electrons. The van der Waals surface area contributed by atoms with E-state index in [1.807, 2.05) is 48.5 Å². The Labute approximate surface area is 198 Å². The summed E-state index contributed by atoms with van der Waals surface area (Å²) in [6.07, 6.45) is 0.552. The molecule has 162 valence electrons. The molecule has 0 unspecified atom stereocenters. The van der Waals surface area contributed by atoms with Crippen molar-refractivity contribution >= 4 is 34.8 Å². The van der Waals surface area contributed by atoms with Crippen LogP contribution in [0, 0.1) is 0 Å². The van der Waals surface area contributed by atoms with Gasteiger partial charge in [-0.15, -0.1) is 0 Å². The lowest BCUT2D eigenvalue weighted by Crippen LogP contribution is -2.54. The zero-order valence-corrected chi connectivity index (χ0v) is 19.3. The molecule has 0 saturated carbocycles. The number of benzene rings is 3. The molecule has 1 heterocycles. The highest BCUT2D eigenvalue weighted by Gasteiger charge is 2.44. The fraction of sp³-hybridized carbons (Fsp3) is 0.280. The number of hydrogen-bond donors (Lipinski definition) is 1. The Morgan fingerprint density at radius 1 is 0.871 bits per heavy atom. The van der Waals surface area contributed by atoms with Crippen molar-refractivity contribution in [2.45, 2.75) is 31.3 Å². The first-order chi connectivity index (χ1) is 15.1. The van der Waals surface area contributed by atoms with Crippen LogP contribution in [-0.2, 0) is 28.3 Å². The SMILES string of the molecule is Clc1ccc([C@]2(OCc3ccccc3)CCNC[C@@H]2OCc2cc(Cl)ccc2Cl)cc1. The van der Waals surface area contributed by atoms with E-state index in [1.165, 1.54) is 0 Å². The highest BCUT2D eigenvalue weighted by Crippen LogP contribution is 2.39. The Morgan fingerprint density at radius 3 is 2.39 bits per heavy atom. The second kappa shape index (κ2) is 10.4. The summed E-state index contributed by atoms with van der Waals surface area (Å²) in [6.45, 7) is 2.32. The molecule has 0 amide bonds. The number of ether oxygens (including phenoxy) is 2. The summed E-state index contributed by atoms with van der Waals surface area (Å²) in [5.74, 6) is 0. The van der Waals surface area contributed by atoms with Crippen LogP contribution in [0.25, 0.3) is 0 Å². The first-order valence-corrected chi connectivity index (χ1v) is 11.4. The molecule has 31 heavy (non-hydrogen) atoms. The summed E-state index contributed by atoms with van der Waals surface area (Å²) < 4.78 is 13.1. The number of nitrogens with one attached hydrogen (secondary N) is 1. The van der Waals surface area contributed by atoms with Gasteiger partial charge in [0.15, 0.2) is 0 Å². The lowest BCUT2D eigenvalue weighted by atomic mass is 9.82. The van der Waals surface area contributed by atoms with Gasteiger partial charge < -0.3 is 14.8 Å². The van der Waals surface area contributed by atoms with Gasteiger partial charge in [-0.25, -0.2) is 0 Å². The molecule has 1 saturated heterocycles. The van der Waals surface area contributed by atoms with E-state index in [0.29, 0.717) is 34.8 Å². The largest absolute Gasteiger partial charge is 0.369 e. The van der Waals surface area contributed by atoms with Crippen LogP contribution in [0.15, 0.2) is 72.8 Å². The van der Waals surface area contributed by atoms with E-state index in [1.54, 1.807) is 12.1 Å². The van der Waals surface area contributed by atoms with Crippen molar-refractivity contribution in [3.05, 3.63) is 105 Å². The molecule has 2 atom stereocenters. The van der Waals surface area contributed by atoms with Gasteiger partial charge in [-0.1, -0.05) is 77.3 Å². The minimum Gasteiger partial charge on any atom is -0.369 e. The van der Waals surface area contributed by atoms with E-state index in [4.69, 9.17) is 44.3 Å². The molecule has 1 fully saturated rings. The maximum Gasteiger partial charge on any atom is 0.122 e. The normalized spacial score (nSPS) is 21.2. The van der Waals surface area contributed by atoms with Gasteiger partial charge >= 0.3 is 0 Å². The van der Waals surface area contributed by atoms with E-state index < -0.39 is 5.60 Å². The zero-order chi connectivity index (χ0) is 21.7. The molecule has 1 N–H and O–H groups in total. The van der Waals surface area contributed by atoms with Crippen molar-refractivity contribution in [2.24, 2.45) is 0 Å². The van der Waals surface area contributed by atoms with Gasteiger partial charge in [0.2, 0.25) is 0 Å². The van der Waals surface area contributed by atoms with Gasteiger partial charge in [-0.3, -0.25) is 0 Å². The number of halogens is 3. The van der Waals surface area contributed by atoms with Crippen LogP contribution in [0.4, 0.5) is 0 Å². The van der Waals surface area contributed by atoms with Crippen LogP contribution >= 0.6 is 34.8 Å². The second-order valence-electron chi connectivity index (χ2n) is 7.66. The van der Waals surface area contributed by atoms with Crippen LogP contribution in [-0.4, -0.2) is 19.2 Å². The van der Waals surface area contributed by atoms with E-state index in [9.17, 15) is 0 Å². The highest BCUT2D eigenvalue weighted by molar-refractivity contribution is 6.33. The molecule has 0 aliphatic carbocycles. The lowest BCUT2D eigenvalue weighted by molar-refractivity contribution is -0.176. The van der Waals surface area contributed by atoms with Crippen molar-refractivity contribution in [2.75, 3.05) is 13.1 Å². The second-order valence-corrected chi connectivity index (χ2v) is 8.94. The molecule has 1 aliphatic rings.